The quantitative estimate of drug-likeness (QED) is 0.898. The normalized spacial score (nSPS) is 18.4. The highest BCUT2D eigenvalue weighted by Gasteiger charge is 2.30. The SMILES string of the molecule is CC(=O)N1CC(CCNS(C)(=O)=O)c2ccccc21. The highest BCUT2D eigenvalue weighted by molar-refractivity contribution is 7.88. The van der Waals surface area contributed by atoms with Crippen LogP contribution in [0.5, 0.6) is 0 Å². The molecule has 104 valence electrons. The molecule has 0 spiro atoms. The number of anilines is 1. The molecule has 1 N–H and O–H groups in total. The lowest BCUT2D eigenvalue weighted by atomic mass is 9.98. The second kappa shape index (κ2) is 5.30. The van der Waals surface area contributed by atoms with Crippen molar-refractivity contribution in [3.8, 4) is 0 Å². The van der Waals surface area contributed by atoms with E-state index >= 15 is 0 Å². The van der Waals surface area contributed by atoms with Crippen LogP contribution in [-0.2, 0) is 14.8 Å². The van der Waals surface area contributed by atoms with Crippen LogP contribution in [0.15, 0.2) is 24.3 Å². The molecule has 0 saturated carbocycles. The molecule has 1 heterocycles. The largest absolute Gasteiger partial charge is 0.312 e. The summed E-state index contributed by atoms with van der Waals surface area (Å²) < 4.78 is 24.6. The molecule has 0 saturated heterocycles. The van der Waals surface area contributed by atoms with Gasteiger partial charge in [0.1, 0.15) is 0 Å². The minimum Gasteiger partial charge on any atom is -0.312 e. The molecule has 1 amide bonds. The fourth-order valence-corrected chi connectivity index (χ4v) is 2.95. The maximum Gasteiger partial charge on any atom is 0.223 e. The van der Waals surface area contributed by atoms with Crippen LogP contribution in [0, 0.1) is 0 Å². The van der Waals surface area contributed by atoms with E-state index in [4.69, 9.17) is 0 Å². The zero-order valence-corrected chi connectivity index (χ0v) is 11.9. The summed E-state index contributed by atoms with van der Waals surface area (Å²) in [6.07, 6.45) is 1.84. The molecular weight excluding hydrogens is 264 g/mol. The van der Waals surface area contributed by atoms with Crippen LogP contribution in [0.25, 0.3) is 0 Å². The van der Waals surface area contributed by atoms with E-state index in [1.807, 2.05) is 24.3 Å². The average Bonchev–Trinajstić information content (AvgIpc) is 2.67. The second-order valence-corrected chi connectivity index (χ2v) is 6.67. The third-order valence-corrected chi connectivity index (χ3v) is 4.04. The van der Waals surface area contributed by atoms with Crippen LogP contribution in [0.4, 0.5) is 5.69 Å². The number of hydrogen-bond donors (Lipinski definition) is 1. The van der Waals surface area contributed by atoms with Crippen molar-refractivity contribution in [3.63, 3.8) is 0 Å². The number of amides is 1. The van der Waals surface area contributed by atoms with Gasteiger partial charge in [-0.25, -0.2) is 13.1 Å². The summed E-state index contributed by atoms with van der Waals surface area (Å²) in [7, 11) is -3.15. The molecule has 19 heavy (non-hydrogen) atoms. The van der Waals surface area contributed by atoms with Gasteiger partial charge in [0.2, 0.25) is 15.9 Å². The first-order valence-corrected chi connectivity index (χ1v) is 8.09. The maximum absolute atomic E-state index is 11.6. The number of fused-ring (bicyclic) bond motifs is 1. The van der Waals surface area contributed by atoms with Crippen molar-refractivity contribution in [2.75, 3.05) is 24.2 Å². The van der Waals surface area contributed by atoms with E-state index in [1.165, 1.54) is 0 Å². The molecule has 1 aromatic carbocycles. The lowest BCUT2D eigenvalue weighted by molar-refractivity contribution is -0.116. The summed E-state index contributed by atoms with van der Waals surface area (Å²) in [4.78, 5) is 13.4. The van der Waals surface area contributed by atoms with Crippen molar-refractivity contribution in [3.05, 3.63) is 29.8 Å². The molecule has 0 bridgehead atoms. The van der Waals surface area contributed by atoms with Crippen LogP contribution in [0.1, 0.15) is 24.8 Å². The van der Waals surface area contributed by atoms with E-state index in [9.17, 15) is 13.2 Å². The summed E-state index contributed by atoms with van der Waals surface area (Å²) in [6, 6.07) is 7.79. The van der Waals surface area contributed by atoms with Gasteiger partial charge in [-0.15, -0.1) is 0 Å². The Labute approximate surface area is 113 Å². The highest BCUT2D eigenvalue weighted by Crippen LogP contribution is 2.37. The number of hydrogen-bond acceptors (Lipinski definition) is 3. The fourth-order valence-electron chi connectivity index (χ4n) is 2.46. The Morgan fingerprint density at radius 2 is 2.11 bits per heavy atom. The molecule has 0 aliphatic carbocycles. The summed E-state index contributed by atoms with van der Waals surface area (Å²) in [5, 5.41) is 0. The topological polar surface area (TPSA) is 66.5 Å². The number of carbonyl (C=O) groups excluding carboxylic acids is 1. The van der Waals surface area contributed by atoms with Gasteiger partial charge >= 0.3 is 0 Å². The number of nitrogens with one attached hydrogen (secondary N) is 1. The minimum absolute atomic E-state index is 0.0195. The van der Waals surface area contributed by atoms with Crippen molar-refractivity contribution < 1.29 is 13.2 Å². The Balaban J connectivity index is 2.10. The third kappa shape index (κ3) is 3.33. The van der Waals surface area contributed by atoms with Crippen LogP contribution >= 0.6 is 0 Å². The third-order valence-electron chi connectivity index (χ3n) is 3.31. The second-order valence-electron chi connectivity index (χ2n) is 4.84. The Morgan fingerprint density at radius 1 is 1.42 bits per heavy atom. The zero-order valence-electron chi connectivity index (χ0n) is 11.1. The monoisotopic (exact) mass is 282 g/mol. The Kier molecular flexibility index (Phi) is 3.91. The summed E-state index contributed by atoms with van der Waals surface area (Å²) >= 11 is 0. The van der Waals surface area contributed by atoms with E-state index in [0.29, 0.717) is 19.5 Å². The minimum atomic E-state index is -3.15. The highest BCUT2D eigenvalue weighted by atomic mass is 32.2. The lowest BCUT2D eigenvalue weighted by Gasteiger charge is -2.15. The van der Waals surface area contributed by atoms with Crippen LogP contribution < -0.4 is 9.62 Å². The summed E-state index contributed by atoms with van der Waals surface area (Å²) in [6.45, 7) is 2.57. The molecular formula is C13H18N2O3S. The van der Waals surface area contributed by atoms with E-state index in [0.717, 1.165) is 17.5 Å². The Morgan fingerprint density at radius 3 is 2.74 bits per heavy atom. The summed E-state index contributed by atoms with van der Waals surface area (Å²) in [5.41, 5.74) is 2.06. The van der Waals surface area contributed by atoms with Crippen molar-refractivity contribution in [1.29, 1.82) is 0 Å². The first kappa shape index (κ1) is 14.0. The number of benzene rings is 1. The number of carbonyl (C=O) groups is 1. The molecule has 0 radical (unpaired) electrons. The van der Waals surface area contributed by atoms with Crippen molar-refractivity contribution in [2.45, 2.75) is 19.3 Å². The Hall–Kier alpha value is -1.40. The molecule has 6 heteroatoms. The van der Waals surface area contributed by atoms with Gasteiger partial charge in [-0.05, 0) is 18.1 Å². The Bertz CT molecular complexity index is 583. The van der Waals surface area contributed by atoms with Crippen LogP contribution in [-0.4, -0.2) is 33.7 Å². The first-order chi connectivity index (χ1) is 8.88. The molecule has 0 fully saturated rings. The zero-order chi connectivity index (χ0) is 14.0. The molecule has 0 aromatic heterocycles. The van der Waals surface area contributed by atoms with Crippen molar-refractivity contribution in [1.82, 2.24) is 4.72 Å². The van der Waals surface area contributed by atoms with E-state index in [1.54, 1.807) is 11.8 Å². The predicted molar refractivity (Wildman–Crippen MR) is 74.7 cm³/mol. The molecule has 1 unspecified atom stereocenters. The van der Waals surface area contributed by atoms with Crippen molar-refractivity contribution in [2.24, 2.45) is 0 Å². The standard InChI is InChI=1S/C13H18N2O3S/c1-10(16)15-9-11(7-8-14-19(2,17)18)12-5-3-4-6-13(12)15/h3-6,11,14H,7-9H2,1-2H3. The first-order valence-electron chi connectivity index (χ1n) is 6.20. The lowest BCUT2D eigenvalue weighted by Crippen LogP contribution is -2.29. The number of nitrogens with zero attached hydrogens (tertiary/aromatic N) is 1. The number of sulfonamides is 1. The molecule has 1 atom stereocenters. The predicted octanol–water partition coefficient (Wildman–Crippen LogP) is 1.08. The van der Waals surface area contributed by atoms with Crippen molar-refractivity contribution >= 4 is 21.6 Å². The van der Waals surface area contributed by atoms with Gasteiger partial charge in [0.05, 0.1) is 6.26 Å². The van der Waals surface area contributed by atoms with Gasteiger partial charge in [0.25, 0.3) is 0 Å². The van der Waals surface area contributed by atoms with Gasteiger partial charge in [-0.3, -0.25) is 4.79 Å². The fraction of sp³-hybridized carbons (Fsp3) is 0.462. The van der Waals surface area contributed by atoms with Gasteiger partial charge in [0.15, 0.2) is 0 Å². The van der Waals surface area contributed by atoms with Gasteiger partial charge in [-0.1, -0.05) is 18.2 Å². The van der Waals surface area contributed by atoms with Gasteiger partial charge in [0, 0.05) is 31.6 Å². The smallest absolute Gasteiger partial charge is 0.223 e. The van der Waals surface area contributed by atoms with E-state index in [-0.39, 0.29) is 11.8 Å². The summed E-state index contributed by atoms with van der Waals surface area (Å²) in [5.74, 6) is 0.209. The molecule has 5 nitrogen and oxygen atoms in total. The molecule has 2 rings (SSSR count). The van der Waals surface area contributed by atoms with Gasteiger partial charge < -0.3 is 4.90 Å². The maximum atomic E-state index is 11.6. The van der Waals surface area contributed by atoms with E-state index < -0.39 is 10.0 Å². The van der Waals surface area contributed by atoms with Crippen LogP contribution in [0.3, 0.4) is 0 Å². The number of para-hydroxylation sites is 1. The average molecular weight is 282 g/mol. The number of rotatable bonds is 4. The van der Waals surface area contributed by atoms with Crippen LogP contribution in [0.2, 0.25) is 0 Å². The molecule has 1 aromatic rings. The molecule has 1 aliphatic rings. The van der Waals surface area contributed by atoms with Gasteiger partial charge in [-0.2, -0.15) is 0 Å². The van der Waals surface area contributed by atoms with E-state index in [2.05, 4.69) is 4.72 Å². The molecule has 1 aliphatic heterocycles.